The number of morpholine rings is 1. The van der Waals surface area contributed by atoms with Crippen molar-refractivity contribution in [3.8, 4) is 5.75 Å². The minimum absolute atomic E-state index is 0. The van der Waals surface area contributed by atoms with Gasteiger partial charge in [0.15, 0.2) is 5.96 Å². The first-order valence-electron chi connectivity index (χ1n) is 10.8. The molecule has 32 heavy (non-hydrogen) atoms. The van der Waals surface area contributed by atoms with E-state index in [4.69, 9.17) is 14.5 Å². The molecule has 0 radical (unpaired) electrons. The molecule has 0 bridgehead atoms. The number of nitrogens with one attached hydrogen (secondary N) is 2. The molecule has 1 atom stereocenters. The summed E-state index contributed by atoms with van der Waals surface area (Å²) in [4.78, 5) is 8.55. The Balaban J connectivity index is 0.00000363. The Morgan fingerprint density at radius 3 is 2.38 bits per heavy atom. The Labute approximate surface area is 213 Å². The molecule has 1 heterocycles. The number of guanidine groups is 1. The van der Waals surface area contributed by atoms with Crippen LogP contribution < -0.4 is 15.4 Å². The fraction of sp³-hybridized carbons (Fsp3) is 0.458. The highest BCUT2D eigenvalue weighted by Crippen LogP contribution is 2.23. The molecule has 2 aromatic carbocycles. The molecule has 0 amide bonds. The standard InChI is InChI=1S/C24H34N4O2S.HI/c1-4-25-24(26-17-19-5-11-22(31-3)12-6-19)27-18-23(28-13-15-30-16-14-28)20-7-9-21(29-2)10-8-20;/h5-12,23H,4,13-18H2,1-3H3,(H2,25,26,27);1H. The molecule has 2 N–H and O–H groups in total. The third-order valence-corrected chi connectivity index (χ3v) is 6.12. The van der Waals surface area contributed by atoms with E-state index in [9.17, 15) is 0 Å². The maximum Gasteiger partial charge on any atom is 0.191 e. The highest BCUT2D eigenvalue weighted by atomic mass is 127. The molecule has 1 unspecified atom stereocenters. The van der Waals surface area contributed by atoms with Gasteiger partial charge in [0.1, 0.15) is 5.75 Å². The molecule has 1 saturated heterocycles. The fourth-order valence-corrected chi connectivity index (χ4v) is 4.02. The van der Waals surface area contributed by atoms with Crippen LogP contribution in [-0.2, 0) is 11.3 Å². The number of halogens is 1. The number of hydrogen-bond donors (Lipinski definition) is 2. The second-order valence-corrected chi connectivity index (χ2v) is 8.24. The Morgan fingerprint density at radius 1 is 1.09 bits per heavy atom. The van der Waals surface area contributed by atoms with Crippen LogP contribution in [-0.4, -0.2) is 63.6 Å². The van der Waals surface area contributed by atoms with Gasteiger partial charge in [-0.25, -0.2) is 4.99 Å². The molecule has 8 heteroatoms. The highest BCUT2D eigenvalue weighted by molar-refractivity contribution is 14.0. The first-order chi connectivity index (χ1) is 15.2. The van der Waals surface area contributed by atoms with Crippen LogP contribution in [0, 0.1) is 0 Å². The number of hydrogen-bond acceptors (Lipinski definition) is 5. The number of aliphatic imine (C=N–C) groups is 1. The second kappa shape index (κ2) is 14.6. The number of rotatable bonds is 9. The van der Waals surface area contributed by atoms with Gasteiger partial charge in [-0.3, -0.25) is 4.90 Å². The van der Waals surface area contributed by atoms with Crippen LogP contribution in [0.4, 0.5) is 0 Å². The molecule has 6 nitrogen and oxygen atoms in total. The lowest BCUT2D eigenvalue weighted by Gasteiger charge is -2.35. The molecule has 1 aliphatic rings. The van der Waals surface area contributed by atoms with E-state index in [0.29, 0.717) is 6.54 Å². The highest BCUT2D eigenvalue weighted by Gasteiger charge is 2.23. The van der Waals surface area contributed by atoms with Gasteiger partial charge in [-0.05, 0) is 48.6 Å². The lowest BCUT2D eigenvalue weighted by molar-refractivity contribution is 0.0170. The summed E-state index contributed by atoms with van der Waals surface area (Å²) in [6.07, 6.45) is 2.09. The molecule has 176 valence electrons. The largest absolute Gasteiger partial charge is 0.497 e. The Bertz CT molecular complexity index is 812. The van der Waals surface area contributed by atoms with Crippen LogP contribution >= 0.6 is 35.7 Å². The van der Waals surface area contributed by atoms with Crippen LogP contribution in [0.2, 0.25) is 0 Å². The van der Waals surface area contributed by atoms with Gasteiger partial charge < -0.3 is 20.1 Å². The van der Waals surface area contributed by atoms with Crippen molar-refractivity contribution in [3.05, 3.63) is 59.7 Å². The zero-order chi connectivity index (χ0) is 21.9. The summed E-state index contributed by atoms with van der Waals surface area (Å²) in [6.45, 7) is 7.72. The molecule has 2 aromatic rings. The van der Waals surface area contributed by atoms with E-state index in [2.05, 4.69) is 65.1 Å². The lowest BCUT2D eigenvalue weighted by atomic mass is 10.0. The van der Waals surface area contributed by atoms with Gasteiger partial charge >= 0.3 is 0 Å². The van der Waals surface area contributed by atoms with Crippen molar-refractivity contribution in [2.24, 2.45) is 4.99 Å². The zero-order valence-corrected chi connectivity index (χ0v) is 22.3. The van der Waals surface area contributed by atoms with Crippen LogP contribution in [0.1, 0.15) is 24.1 Å². The Kier molecular flexibility index (Phi) is 12.2. The average Bonchev–Trinajstić information content (AvgIpc) is 2.84. The third kappa shape index (κ3) is 8.13. The van der Waals surface area contributed by atoms with Gasteiger partial charge in [0.2, 0.25) is 0 Å². The van der Waals surface area contributed by atoms with Crippen molar-refractivity contribution in [1.82, 2.24) is 15.5 Å². The first-order valence-corrected chi connectivity index (χ1v) is 12.1. The zero-order valence-electron chi connectivity index (χ0n) is 19.2. The smallest absolute Gasteiger partial charge is 0.191 e. The topological polar surface area (TPSA) is 58.1 Å². The van der Waals surface area contributed by atoms with Crippen molar-refractivity contribution < 1.29 is 9.47 Å². The number of benzene rings is 2. The molecule has 0 spiro atoms. The second-order valence-electron chi connectivity index (χ2n) is 7.36. The predicted molar refractivity (Wildman–Crippen MR) is 145 cm³/mol. The van der Waals surface area contributed by atoms with Gasteiger partial charge in [0.05, 0.1) is 32.9 Å². The molecule has 0 aromatic heterocycles. The van der Waals surface area contributed by atoms with Gasteiger partial charge in [-0.1, -0.05) is 24.3 Å². The van der Waals surface area contributed by atoms with E-state index in [1.165, 1.54) is 16.0 Å². The molecular weight excluding hydrogens is 535 g/mol. The third-order valence-electron chi connectivity index (χ3n) is 5.37. The average molecular weight is 571 g/mol. The summed E-state index contributed by atoms with van der Waals surface area (Å²) >= 11 is 1.75. The maximum absolute atomic E-state index is 5.57. The molecule has 1 fully saturated rings. The quantitative estimate of drug-likeness (QED) is 0.205. The van der Waals surface area contributed by atoms with E-state index in [1.54, 1.807) is 18.9 Å². The van der Waals surface area contributed by atoms with E-state index in [1.807, 2.05) is 12.1 Å². The molecule has 3 rings (SSSR count). The van der Waals surface area contributed by atoms with Crippen molar-refractivity contribution in [2.45, 2.75) is 24.4 Å². The molecule has 1 aliphatic heterocycles. The van der Waals surface area contributed by atoms with Crippen LogP contribution in [0.15, 0.2) is 58.4 Å². The van der Waals surface area contributed by atoms with Crippen molar-refractivity contribution >= 4 is 41.7 Å². The van der Waals surface area contributed by atoms with Gasteiger partial charge in [-0.2, -0.15) is 0 Å². The summed E-state index contributed by atoms with van der Waals surface area (Å²) in [6, 6.07) is 17.2. The summed E-state index contributed by atoms with van der Waals surface area (Å²) in [7, 11) is 1.70. The van der Waals surface area contributed by atoms with E-state index < -0.39 is 0 Å². The summed E-state index contributed by atoms with van der Waals surface area (Å²) in [5.41, 5.74) is 2.47. The Morgan fingerprint density at radius 2 is 1.78 bits per heavy atom. The minimum atomic E-state index is 0. The molecular formula is C24H35IN4O2S. The summed E-state index contributed by atoms with van der Waals surface area (Å²) < 4.78 is 10.9. The summed E-state index contributed by atoms with van der Waals surface area (Å²) in [5, 5.41) is 6.93. The number of nitrogens with zero attached hydrogens (tertiary/aromatic N) is 2. The first kappa shape index (κ1) is 26.8. The monoisotopic (exact) mass is 570 g/mol. The van der Waals surface area contributed by atoms with Crippen LogP contribution in [0.3, 0.4) is 0 Å². The lowest BCUT2D eigenvalue weighted by Crippen LogP contribution is -2.46. The van der Waals surface area contributed by atoms with Crippen molar-refractivity contribution in [1.29, 1.82) is 0 Å². The van der Waals surface area contributed by atoms with E-state index in [0.717, 1.165) is 51.1 Å². The van der Waals surface area contributed by atoms with Gasteiger partial charge in [0.25, 0.3) is 0 Å². The number of thioether (sulfide) groups is 1. The van der Waals surface area contributed by atoms with Crippen molar-refractivity contribution in [2.75, 3.05) is 52.8 Å². The van der Waals surface area contributed by atoms with Crippen molar-refractivity contribution in [3.63, 3.8) is 0 Å². The minimum Gasteiger partial charge on any atom is -0.497 e. The normalized spacial score (nSPS) is 15.5. The SMILES string of the molecule is CCNC(=NCc1ccc(SC)cc1)NCC(c1ccc(OC)cc1)N1CCOCC1.I. The Hall–Kier alpha value is -1.49. The van der Waals surface area contributed by atoms with Crippen LogP contribution in [0.25, 0.3) is 0 Å². The molecule has 0 aliphatic carbocycles. The maximum atomic E-state index is 5.57. The van der Waals surface area contributed by atoms with Crippen LogP contribution in [0.5, 0.6) is 5.75 Å². The molecule has 0 saturated carbocycles. The number of ether oxygens (including phenoxy) is 2. The fourth-order valence-electron chi connectivity index (χ4n) is 3.61. The van der Waals surface area contributed by atoms with E-state index in [-0.39, 0.29) is 30.0 Å². The van der Waals surface area contributed by atoms with E-state index >= 15 is 0 Å². The van der Waals surface area contributed by atoms with Gasteiger partial charge in [0, 0.05) is 31.1 Å². The summed E-state index contributed by atoms with van der Waals surface area (Å²) in [5.74, 6) is 1.71. The van der Waals surface area contributed by atoms with Gasteiger partial charge in [-0.15, -0.1) is 35.7 Å². The predicted octanol–water partition coefficient (Wildman–Crippen LogP) is 4.16. The number of methoxy groups -OCH3 is 1.